The molecule has 0 amide bonds. The third kappa shape index (κ3) is 7.17. The maximum atomic E-state index is 9.85. The monoisotopic (exact) mass is 232 g/mol. The van der Waals surface area contributed by atoms with Crippen LogP contribution in [0.2, 0.25) is 0 Å². The van der Waals surface area contributed by atoms with Crippen molar-refractivity contribution in [3.05, 3.63) is 0 Å². The smallest absolute Gasteiger partial charge is 0.0718 e. The normalized spacial score (nSPS) is 14.4. The van der Waals surface area contributed by atoms with Gasteiger partial charge in [-0.2, -0.15) is 0 Å². The van der Waals surface area contributed by atoms with Crippen molar-refractivity contribution in [3.63, 3.8) is 0 Å². The van der Waals surface area contributed by atoms with Crippen molar-refractivity contribution >= 4 is 0 Å². The van der Waals surface area contributed by atoms with Gasteiger partial charge in [-0.05, 0) is 39.8 Å². The summed E-state index contributed by atoms with van der Waals surface area (Å²) >= 11 is 0. The third-order valence-electron chi connectivity index (χ3n) is 2.61. The maximum absolute atomic E-state index is 9.85. The molecule has 4 nitrogen and oxygen atoms in total. The topological polar surface area (TPSA) is 58.7 Å². The van der Waals surface area contributed by atoms with Crippen molar-refractivity contribution in [1.82, 2.24) is 4.90 Å². The second-order valence-corrected chi connectivity index (χ2v) is 4.92. The summed E-state index contributed by atoms with van der Waals surface area (Å²) in [5, 5.41) is 9.85. The number of rotatable bonds is 9. The first-order valence-electron chi connectivity index (χ1n) is 6.10. The number of methoxy groups -OCH3 is 1. The Morgan fingerprint density at radius 1 is 1.44 bits per heavy atom. The number of hydrogen-bond acceptors (Lipinski definition) is 4. The van der Waals surface area contributed by atoms with Gasteiger partial charge in [-0.15, -0.1) is 0 Å². The van der Waals surface area contributed by atoms with Crippen molar-refractivity contribution < 1.29 is 9.84 Å². The van der Waals surface area contributed by atoms with Gasteiger partial charge in [-0.25, -0.2) is 0 Å². The van der Waals surface area contributed by atoms with Gasteiger partial charge >= 0.3 is 0 Å². The van der Waals surface area contributed by atoms with E-state index in [1.807, 2.05) is 13.8 Å². The fourth-order valence-corrected chi connectivity index (χ4v) is 1.91. The van der Waals surface area contributed by atoms with Crippen molar-refractivity contribution in [2.24, 2.45) is 5.73 Å². The molecular formula is C12H28N2O2. The number of ether oxygens (including phenoxy) is 1. The Morgan fingerprint density at radius 3 is 2.44 bits per heavy atom. The summed E-state index contributed by atoms with van der Waals surface area (Å²) in [6.45, 7) is 8.77. The highest BCUT2D eigenvalue weighted by atomic mass is 16.5. The first-order valence-corrected chi connectivity index (χ1v) is 6.10. The Bertz CT molecular complexity index is 169. The van der Waals surface area contributed by atoms with Gasteiger partial charge in [0.05, 0.1) is 12.2 Å². The largest absolute Gasteiger partial charge is 0.389 e. The van der Waals surface area contributed by atoms with Crippen LogP contribution in [0.4, 0.5) is 0 Å². The lowest BCUT2D eigenvalue weighted by Crippen LogP contribution is -2.46. The van der Waals surface area contributed by atoms with Crippen molar-refractivity contribution in [2.75, 3.05) is 33.4 Å². The summed E-state index contributed by atoms with van der Waals surface area (Å²) in [6, 6.07) is 0.352. The van der Waals surface area contributed by atoms with Crippen LogP contribution in [0.3, 0.4) is 0 Å². The van der Waals surface area contributed by atoms with Crippen molar-refractivity contribution in [1.29, 1.82) is 0 Å². The van der Waals surface area contributed by atoms with E-state index in [0.717, 1.165) is 19.4 Å². The number of hydrogen-bond donors (Lipinski definition) is 2. The molecule has 16 heavy (non-hydrogen) atoms. The summed E-state index contributed by atoms with van der Waals surface area (Å²) in [4.78, 5) is 2.26. The predicted octanol–water partition coefficient (Wildman–Crippen LogP) is 0.833. The van der Waals surface area contributed by atoms with Gasteiger partial charge in [0.25, 0.3) is 0 Å². The summed E-state index contributed by atoms with van der Waals surface area (Å²) in [7, 11) is 1.72. The summed E-state index contributed by atoms with van der Waals surface area (Å²) in [6.07, 6.45) is 2.02. The molecule has 4 heteroatoms. The molecule has 0 aliphatic heterocycles. The molecule has 0 aromatic heterocycles. The van der Waals surface area contributed by atoms with Crippen LogP contribution >= 0.6 is 0 Å². The van der Waals surface area contributed by atoms with Gasteiger partial charge in [0, 0.05) is 19.7 Å². The second-order valence-electron chi connectivity index (χ2n) is 4.92. The summed E-state index contributed by atoms with van der Waals surface area (Å²) in [5.41, 5.74) is 4.87. The van der Waals surface area contributed by atoms with E-state index in [0.29, 0.717) is 25.7 Å². The lowest BCUT2D eigenvalue weighted by Gasteiger charge is -2.34. The molecular weight excluding hydrogens is 204 g/mol. The lowest BCUT2D eigenvalue weighted by atomic mass is 10.1. The highest BCUT2D eigenvalue weighted by Gasteiger charge is 2.23. The Labute approximate surface area is 99.8 Å². The minimum Gasteiger partial charge on any atom is -0.389 e. The molecule has 0 saturated carbocycles. The number of nitrogens with two attached hydrogens (primary N) is 1. The fourth-order valence-electron chi connectivity index (χ4n) is 1.91. The zero-order valence-corrected chi connectivity index (χ0v) is 11.2. The fraction of sp³-hybridized carbons (Fsp3) is 1.00. The van der Waals surface area contributed by atoms with Gasteiger partial charge in [0.1, 0.15) is 0 Å². The molecule has 0 aliphatic carbocycles. The van der Waals surface area contributed by atoms with Gasteiger partial charge < -0.3 is 15.6 Å². The minimum atomic E-state index is -0.662. The maximum Gasteiger partial charge on any atom is 0.0718 e. The van der Waals surface area contributed by atoms with E-state index in [9.17, 15) is 5.11 Å². The molecule has 0 fully saturated rings. The highest BCUT2D eigenvalue weighted by Crippen LogP contribution is 2.12. The molecule has 0 radical (unpaired) electrons. The first kappa shape index (κ1) is 15.8. The van der Waals surface area contributed by atoms with Crippen LogP contribution in [0.15, 0.2) is 0 Å². The summed E-state index contributed by atoms with van der Waals surface area (Å²) < 4.78 is 5.23. The third-order valence-corrected chi connectivity index (χ3v) is 2.61. The molecule has 0 heterocycles. The zero-order chi connectivity index (χ0) is 12.6. The molecule has 1 unspecified atom stereocenters. The quantitative estimate of drug-likeness (QED) is 0.618. The zero-order valence-electron chi connectivity index (χ0n) is 11.2. The van der Waals surface area contributed by atoms with Crippen molar-refractivity contribution in [2.45, 2.75) is 45.3 Å². The van der Waals surface area contributed by atoms with Crippen LogP contribution in [0.25, 0.3) is 0 Å². The molecule has 0 bridgehead atoms. The van der Waals surface area contributed by atoms with Crippen LogP contribution in [0.1, 0.15) is 33.6 Å². The molecule has 1 atom stereocenters. The molecule has 0 aliphatic rings. The molecule has 0 spiro atoms. The molecule has 3 N–H and O–H groups in total. The molecule has 98 valence electrons. The van der Waals surface area contributed by atoms with E-state index in [-0.39, 0.29) is 0 Å². The average Bonchev–Trinajstić information content (AvgIpc) is 2.19. The van der Waals surface area contributed by atoms with Crippen LogP contribution in [0.5, 0.6) is 0 Å². The van der Waals surface area contributed by atoms with Gasteiger partial charge in [-0.1, -0.05) is 6.92 Å². The van der Waals surface area contributed by atoms with E-state index in [2.05, 4.69) is 11.8 Å². The van der Waals surface area contributed by atoms with E-state index in [1.54, 1.807) is 7.11 Å². The number of likely N-dealkylation sites (N-methyl/N-ethyl adjacent to an activating group) is 1. The van der Waals surface area contributed by atoms with Gasteiger partial charge in [0.2, 0.25) is 0 Å². The Morgan fingerprint density at radius 2 is 2.06 bits per heavy atom. The molecule has 0 saturated heterocycles. The van der Waals surface area contributed by atoms with Gasteiger partial charge in [0.15, 0.2) is 0 Å². The SMILES string of the molecule is CCN(CC(C)(C)O)C(CCCN)COC. The number of aliphatic hydroxyl groups is 1. The van der Waals surface area contributed by atoms with Crippen molar-refractivity contribution in [3.8, 4) is 0 Å². The Hall–Kier alpha value is -0.160. The van der Waals surface area contributed by atoms with Crippen LogP contribution in [0, 0.1) is 0 Å². The predicted molar refractivity (Wildman–Crippen MR) is 67.5 cm³/mol. The van der Waals surface area contributed by atoms with Gasteiger partial charge in [-0.3, -0.25) is 4.90 Å². The Kier molecular flexibility index (Phi) is 7.93. The Balaban J connectivity index is 4.32. The van der Waals surface area contributed by atoms with E-state index >= 15 is 0 Å². The standard InChI is InChI=1S/C12H28N2O2/c1-5-14(10-12(2,3)15)11(9-16-4)7-6-8-13/h11,15H,5-10,13H2,1-4H3. The lowest BCUT2D eigenvalue weighted by molar-refractivity contribution is 0.00366. The van der Waals surface area contributed by atoms with E-state index < -0.39 is 5.60 Å². The van der Waals surface area contributed by atoms with Crippen LogP contribution in [-0.2, 0) is 4.74 Å². The number of nitrogens with zero attached hydrogens (tertiary/aromatic N) is 1. The van der Waals surface area contributed by atoms with Crippen LogP contribution < -0.4 is 5.73 Å². The van der Waals surface area contributed by atoms with Crippen LogP contribution in [-0.4, -0.2) is 55.0 Å². The first-order chi connectivity index (χ1) is 7.44. The second kappa shape index (κ2) is 8.01. The highest BCUT2D eigenvalue weighted by molar-refractivity contribution is 4.78. The molecule has 0 aromatic carbocycles. The van der Waals surface area contributed by atoms with E-state index in [4.69, 9.17) is 10.5 Å². The summed E-state index contributed by atoms with van der Waals surface area (Å²) in [5.74, 6) is 0. The minimum absolute atomic E-state index is 0.352. The van der Waals surface area contributed by atoms with E-state index in [1.165, 1.54) is 0 Å². The molecule has 0 rings (SSSR count). The average molecular weight is 232 g/mol. The molecule has 0 aromatic rings.